The maximum atomic E-state index is 13.5. The summed E-state index contributed by atoms with van der Waals surface area (Å²) in [5.41, 5.74) is 0.634. The van der Waals surface area contributed by atoms with Crippen molar-refractivity contribution in [1.29, 1.82) is 0 Å². The van der Waals surface area contributed by atoms with Crippen LogP contribution in [0.25, 0.3) is 0 Å². The Morgan fingerprint density at radius 1 is 0.964 bits per heavy atom. The third-order valence-electron chi connectivity index (χ3n) is 6.16. The van der Waals surface area contributed by atoms with Crippen molar-refractivity contribution in [2.45, 2.75) is 65.8 Å². The van der Waals surface area contributed by atoms with Crippen molar-refractivity contribution in [2.24, 2.45) is 11.8 Å². The Balaban J connectivity index is 1.93. The second kappa shape index (κ2) is 9.53. The summed E-state index contributed by atoms with van der Waals surface area (Å²) in [7, 11) is 0. The van der Waals surface area contributed by atoms with Crippen molar-refractivity contribution in [2.75, 3.05) is 26.4 Å². The third kappa shape index (κ3) is 4.23. The number of rotatable bonds is 7. The molecule has 0 bridgehead atoms. The minimum absolute atomic E-state index is 0.0914. The SMILES string of the molecule is CCOc1cc(C(=O)N2CCC(C)C3CCCCC32)cc(OCC)c1OCC. The van der Waals surface area contributed by atoms with E-state index in [1.54, 1.807) is 0 Å². The van der Waals surface area contributed by atoms with Crippen molar-refractivity contribution in [3.63, 3.8) is 0 Å². The molecule has 1 heterocycles. The first-order valence-corrected chi connectivity index (χ1v) is 11.0. The van der Waals surface area contributed by atoms with E-state index in [-0.39, 0.29) is 5.91 Å². The van der Waals surface area contributed by atoms with Gasteiger partial charge in [0.05, 0.1) is 19.8 Å². The minimum atomic E-state index is 0.0914. The third-order valence-corrected chi connectivity index (χ3v) is 6.16. The molecule has 0 radical (unpaired) electrons. The van der Waals surface area contributed by atoms with E-state index < -0.39 is 0 Å². The molecule has 0 N–H and O–H groups in total. The number of benzene rings is 1. The fraction of sp³-hybridized carbons (Fsp3) is 0.696. The van der Waals surface area contributed by atoms with Crippen LogP contribution < -0.4 is 14.2 Å². The van der Waals surface area contributed by atoms with E-state index in [1.165, 1.54) is 19.3 Å². The van der Waals surface area contributed by atoms with E-state index in [4.69, 9.17) is 14.2 Å². The zero-order valence-electron chi connectivity index (χ0n) is 17.8. The highest BCUT2D eigenvalue weighted by Crippen LogP contribution is 2.42. The lowest BCUT2D eigenvalue weighted by Gasteiger charge is -2.47. The number of carbonyl (C=O) groups excluding carboxylic acids is 1. The van der Waals surface area contributed by atoms with Gasteiger partial charge in [0.1, 0.15) is 0 Å². The number of amides is 1. The molecule has 2 fully saturated rings. The van der Waals surface area contributed by atoms with Crippen LogP contribution in [-0.2, 0) is 0 Å². The van der Waals surface area contributed by atoms with E-state index in [9.17, 15) is 4.79 Å². The van der Waals surface area contributed by atoms with Gasteiger partial charge in [-0.25, -0.2) is 0 Å². The van der Waals surface area contributed by atoms with E-state index in [2.05, 4.69) is 11.8 Å². The van der Waals surface area contributed by atoms with Gasteiger partial charge in [-0.2, -0.15) is 0 Å². The molecule has 156 valence electrons. The van der Waals surface area contributed by atoms with Crippen LogP contribution in [0.4, 0.5) is 0 Å². The fourth-order valence-corrected chi connectivity index (χ4v) is 4.84. The summed E-state index contributed by atoms with van der Waals surface area (Å²) in [5.74, 6) is 3.19. The first-order chi connectivity index (χ1) is 13.6. The van der Waals surface area contributed by atoms with Gasteiger partial charge in [0.25, 0.3) is 5.91 Å². The van der Waals surface area contributed by atoms with Crippen LogP contribution in [0.2, 0.25) is 0 Å². The molecule has 2 aliphatic rings. The molecule has 5 heteroatoms. The van der Waals surface area contributed by atoms with Crippen LogP contribution in [0.5, 0.6) is 17.2 Å². The number of fused-ring (bicyclic) bond motifs is 1. The molecule has 3 unspecified atom stereocenters. The molecule has 3 rings (SSSR count). The quantitative estimate of drug-likeness (QED) is 0.664. The number of ether oxygens (including phenoxy) is 3. The second-order valence-electron chi connectivity index (χ2n) is 7.88. The van der Waals surface area contributed by atoms with E-state index in [1.807, 2.05) is 32.9 Å². The number of nitrogens with zero attached hydrogens (tertiary/aromatic N) is 1. The van der Waals surface area contributed by atoms with Crippen LogP contribution in [0.15, 0.2) is 12.1 Å². The Morgan fingerprint density at radius 3 is 2.18 bits per heavy atom. The lowest BCUT2D eigenvalue weighted by molar-refractivity contribution is 0.0217. The van der Waals surface area contributed by atoms with Gasteiger partial charge in [-0.15, -0.1) is 0 Å². The average Bonchev–Trinajstić information content (AvgIpc) is 2.70. The van der Waals surface area contributed by atoms with Gasteiger partial charge in [-0.1, -0.05) is 19.8 Å². The smallest absolute Gasteiger partial charge is 0.254 e. The zero-order chi connectivity index (χ0) is 20.1. The fourth-order valence-electron chi connectivity index (χ4n) is 4.84. The Labute approximate surface area is 169 Å². The second-order valence-corrected chi connectivity index (χ2v) is 7.88. The van der Waals surface area contributed by atoms with E-state index in [0.717, 1.165) is 19.4 Å². The summed E-state index contributed by atoms with van der Waals surface area (Å²) in [4.78, 5) is 15.6. The standard InChI is InChI=1S/C23H35NO4/c1-5-26-20-14-17(15-21(27-6-2)22(20)28-7-3)23(25)24-13-12-16(4)18-10-8-9-11-19(18)24/h14-16,18-19H,5-13H2,1-4H3. The number of piperidine rings is 1. The number of carbonyl (C=O) groups is 1. The molecule has 28 heavy (non-hydrogen) atoms. The van der Waals surface area contributed by atoms with Gasteiger partial charge in [0.15, 0.2) is 11.5 Å². The predicted octanol–water partition coefficient (Wildman–Crippen LogP) is 4.92. The van der Waals surface area contributed by atoms with Crippen molar-refractivity contribution in [1.82, 2.24) is 4.90 Å². The lowest BCUT2D eigenvalue weighted by Crippen LogP contribution is -2.52. The van der Waals surface area contributed by atoms with Crippen LogP contribution >= 0.6 is 0 Å². The predicted molar refractivity (Wildman–Crippen MR) is 111 cm³/mol. The molecule has 0 spiro atoms. The molecular weight excluding hydrogens is 354 g/mol. The van der Waals surface area contributed by atoms with Crippen molar-refractivity contribution < 1.29 is 19.0 Å². The zero-order valence-corrected chi connectivity index (χ0v) is 17.8. The topological polar surface area (TPSA) is 48.0 Å². The maximum Gasteiger partial charge on any atom is 0.254 e. The Kier molecular flexibility index (Phi) is 7.08. The summed E-state index contributed by atoms with van der Waals surface area (Å²) in [6.07, 6.45) is 5.96. The van der Waals surface area contributed by atoms with Crippen molar-refractivity contribution >= 4 is 5.91 Å². The summed E-state index contributed by atoms with van der Waals surface area (Å²) < 4.78 is 17.4. The first-order valence-electron chi connectivity index (χ1n) is 11.0. The van der Waals surface area contributed by atoms with Gasteiger partial charge in [0.2, 0.25) is 5.75 Å². The molecule has 1 saturated heterocycles. The average molecular weight is 390 g/mol. The van der Waals surface area contributed by atoms with E-state index in [0.29, 0.717) is 60.5 Å². The molecule has 1 amide bonds. The normalized spacial score (nSPS) is 24.4. The molecule has 1 aliphatic heterocycles. The molecule has 1 aliphatic carbocycles. The number of hydrogen-bond acceptors (Lipinski definition) is 4. The highest BCUT2D eigenvalue weighted by molar-refractivity contribution is 5.96. The van der Waals surface area contributed by atoms with Gasteiger partial charge in [-0.3, -0.25) is 4.79 Å². The number of likely N-dealkylation sites (tertiary alicyclic amines) is 1. The van der Waals surface area contributed by atoms with Crippen LogP contribution in [0, 0.1) is 11.8 Å². The Morgan fingerprint density at radius 2 is 1.57 bits per heavy atom. The molecule has 5 nitrogen and oxygen atoms in total. The largest absolute Gasteiger partial charge is 0.490 e. The molecule has 1 aromatic rings. The summed E-state index contributed by atoms with van der Waals surface area (Å²) >= 11 is 0. The Hall–Kier alpha value is -1.91. The van der Waals surface area contributed by atoms with Gasteiger partial charge in [-0.05, 0) is 64.0 Å². The van der Waals surface area contributed by atoms with Crippen molar-refractivity contribution in [3.8, 4) is 17.2 Å². The maximum absolute atomic E-state index is 13.5. The summed E-state index contributed by atoms with van der Waals surface area (Å²) in [6, 6.07) is 4.02. The first kappa shape index (κ1) is 20.8. The molecule has 3 atom stereocenters. The van der Waals surface area contributed by atoms with Crippen LogP contribution in [0.1, 0.15) is 70.2 Å². The van der Waals surface area contributed by atoms with Crippen molar-refractivity contribution in [3.05, 3.63) is 17.7 Å². The molecule has 0 aromatic heterocycles. The highest BCUT2D eigenvalue weighted by atomic mass is 16.5. The molecular formula is C23H35NO4. The number of hydrogen-bond donors (Lipinski definition) is 0. The van der Waals surface area contributed by atoms with Gasteiger partial charge in [0, 0.05) is 18.2 Å². The molecule has 1 aromatic carbocycles. The van der Waals surface area contributed by atoms with Gasteiger partial charge >= 0.3 is 0 Å². The van der Waals surface area contributed by atoms with Crippen LogP contribution in [0.3, 0.4) is 0 Å². The minimum Gasteiger partial charge on any atom is -0.490 e. The Bertz CT molecular complexity index is 648. The van der Waals surface area contributed by atoms with E-state index >= 15 is 0 Å². The molecule has 1 saturated carbocycles. The summed E-state index contributed by atoms with van der Waals surface area (Å²) in [5, 5.41) is 0. The van der Waals surface area contributed by atoms with Crippen LogP contribution in [-0.4, -0.2) is 43.2 Å². The highest BCUT2D eigenvalue weighted by Gasteiger charge is 2.39. The van der Waals surface area contributed by atoms with Gasteiger partial charge < -0.3 is 19.1 Å². The monoisotopic (exact) mass is 389 g/mol. The summed E-state index contributed by atoms with van der Waals surface area (Å²) in [6.45, 7) is 10.5. The lowest BCUT2D eigenvalue weighted by atomic mass is 9.72.